The van der Waals surface area contributed by atoms with Gasteiger partial charge < -0.3 is 9.47 Å². The summed E-state index contributed by atoms with van der Waals surface area (Å²) in [6.45, 7) is 7.17. The molecule has 0 saturated heterocycles. The zero-order valence-electron chi connectivity index (χ0n) is 22.3. The Hall–Kier alpha value is -2.86. The molecule has 196 valence electrons. The van der Waals surface area contributed by atoms with E-state index >= 15 is 0 Å². The molecule has 0 unspecified atom stereocenters. The zero-order chi connectivity index (χ0) is 26.2. The van der Waals surface area contributed by atoms with E-state index in [-0.39, 0.29) is 6.10 Å². The second-order valence-corrected chi connectivity index (χ2v) is 9.98. The molecule has 2 fully saturated rings. The first kappa shape index (κ1) is 29.4. The summed E-state index contributed by atoms with van der Waals surface area (Å²) in [7, 11) is 1.82. The Labute approximate surface area is 216 Å². The normalized spacial score (nSPS) is 23.4. The monoisotopic (exact) mass is 494 g/mol. The summed E-state index contributed by atoms with van der Waals surface area (Å²) in [5, 5.41) is 8.20. The van der Waals surface area contributed by atoms with Gasteiger partial charge in [0.2, 0.25) is 0 Å². The van der Waals surface area contributed by atoms with Crippen LogP contribution in [0.5, 0.6) is 0 Å². The predicted molar refractivity (Wildman–Crippen MR) is 144 cm³/mol. The second kappa shape index (κ2) is 16.7. The molecule has 0 amide bonds. The Kier molecular flexibility index (Phi) is 13.7. The van der Waals surface area contributed by atoms with Gasteiger partial charge in [-0.1, -0.05) is 31.5 Å². The lowest BCUT2D eigenvalue weighted by atomic mass is 9.89. The fourth-order valence-electron chi connectivity index (χ4n) is 4.26. The van der Waals surface area contributed by atoms with E-state index in [4.69, 9.17) is 9.47 Å². The number of nitrogens with zero attached hydrogens (tertiary/aromatic N) is 2. The standard InChI is InChI=1S/C14H12N2O.C8H14O2.C8H16O/c1-11-2-6-13(7-3-11)15-16-14-8-4-12(10-17)5-9-14;1-7-2-4-8(5-3-7)10-6-9;1-7-3-5-8(9-2)6-4-7/h2-10H,1H3;6-8H,2-5H2,1H3;7-8H,3-6H2,1-2H3. The predicted octanol–water partition coefficient (Wildman–Crippen LogP) is 8.17. The summed E-state index contributed by atoms with van der Waals surface area (Å²) in [5.41, 5.74) is 3.38. The number of methoxy groups -OCH3 is 1. The lowest BCUT2D eigenvalue weighted by Crippen LogP contribution is -2.19. The molecule has 36 heavy (non-hydrogen) atoms. The quantitative estimate of drug-likeness (QED) is 0.300. The number of ether oxygens (including phenoxy) is 2. The number of carbonyl (C=O) groups is 2. The van der Waals surface area contributed by atoms with Crippen molar-refractivity contribution in [1.82, 2.24) is 0 Å². The van der Waals surface area contributed by atoms with Gasteiger partial charge in [-0.05, 0) is 107 Å². The highest BCUT2D eigenvalue weighted by Crippen LogP contribution is 2.25. The molecule has 2 aliphatic rings. The van der Waals surface area contributed by atoms with Gasteiger partial charge in [-0.25, -0.2) is 0 Å². The summed E-state index contributed by atoms with van der Waals surface area (Å²) in [5.74, 6) is 1.77. The van der Waals surface area contributed by atoms with Gasteiger partial charge >= 0.3 is 0 Å². The second-order valence-electron chi connectivity index (χ2n) is 9.98. The van der Waals surface area contributed by atoms with E-state index in [0.717, 1.165) is 42.3 Å². The first-order valence-electron chi connectivity index (χ1n) is 13.1. The largest absolute Gasteiger partial charge is 0.465 e. The van der Waals surface area contributed by atoms with E-state index in [0.29, 0.717) is 18.1 Å². The van der Waals surface area contributed by atoms with E-state index < -0.39 is 0 Å². The van der Waals surface area contributed by atoms with E-state index in [1.54, 1.807) is 24.3 Å². The number of hydrogen-bond donors (Lipinski definition) is 0. The number of hydrogen-bond acceptors (Lipinski definition) is 6. The molecule has 0 spiro atoms. The summed E-state index contributed by atoms with van der Waals surface area (Å²) in [4.78, 5) is 20.4. The first-order chi connectivity index (χ1) is 17.4. The van der Waals surface area contributed by atoms with Gasteiger partial charge in [0.25, 0.3) is 6.47 Å². The fraction of sp³-hybridized carbons (Fsp3) is 0.533. The highest BCUT2D eigenvalue weighted by molar-refractivity contribution is 5.75. The first-order valence-corrected chi connectivity index (χ1v) is 13.1. The smallest absolute Gasteiger partial charge is 0.293 e. The van der Waals surface area contributed by atoms with Gasteiger partial charge in [0.15, 0.2) is 0 Å². The molecular weight excluding hydrogens is 452 g/mol. The summed E-state index contributed by atoms with van der Waals surface area (Å²) >= 11 is 0. The van der Waals surface area contributed by atoms with Gasteiger partial charge in [-0.2, -0.15) is 10.2 Å². The maximum Gasteiger partial charge on any atom is 0.293 e. The minimum Gasteiger partial charge on any atom is -0.465 e. The molecule has 2 saturated carbocycles. The third kappa shape index (κ3) is 11.7. The van der Waals surface area contributed by atoms with Crippen molar-refractivity contribution < 1.29 is 19.1 Å². The third-order valence-electron chi connectivity index (χ3n) is 6.85. The average molecular weight is 495 g/mol. The average Bonchev–Trinajstić information content (AvgIpc) is 2.91. The molecule has 0 bridgehead atoms. The van der Waals surface area contributed by atoms with Crippen molar-refractivity contribution in [2.45, 2.75) is 84.3 Å². The van der Waals surface area contributed by atoms with Crippen LogP contribution in [-0.4, -0.2) is 32.1 Å². The van der Waals surface area contributed by atoms with Gasteiger partial charge in [0.1, 0.15) is 12.4 Å². The molecule has 6 nitrogen and oxygen atoms in total. The number of azo groups is 1. The van der Waals surface area contributed by atoms with Crippen LogP contribution in [0, 0.1) is 18.8 Å². The highest BCUT2D eigenvalue weighted by atomic mass is 16.5. The maximum absolute atomic E-state index is 10.5. The zero-order valence-corrected chi connectivity index (χ0v) is 22.3. The number of benzene rings is 2. The van der Waals surface area contributed by atoms with Crippen molar-refractivity contribution in [1.29, 1.82) is 0 Å². The summed E-state index contributed by atoms with van der Waals surface area (Å²) < 4.78 is 10.1. The van der Waals surface area contributed by atoms with Crippen LogP contribution in [0.2, 0.25) is 0 Å². The van der Waals surface area contributed by atoms with Crippen molar-refractivity contribution in [3.63, 3.8) is 0 Å². The van der Waals surface area contributed by atoms with Gasteiger partial charge in [-0.15, -0.1) is 0 Å². The topological polar surface area (TPSA) is 77.3 Å². The number of rotatable bonds is 6. The Bertz CT molecular complexity index is 896. The van der Waals surface area contributed by atoms with Crippen LogP contribution >= 0.6 is 0 Å². The molecule has 0 radical (unpaired) electrons. The summed E-state index contributed by atoms with van der Waals surface area (Å²) in [6, 6.07) is 14.8. The SMILES string of the molecule is CC1CCC(OC=O)CC1.COC1CCC(C)CC1.Cc1ccc(N=Nc2ccc(C=O)cc2)cc1. The number of aldehydes is 1. The summed E-state index contributed by atoms with van der Waals surface area (Å²) in [6.07, 6.45) is 11.4. The molecule has 0 heterocycles. The van der Waals surface area contributed by atoms with Crippen LogP contribution in [-0.2, 0) is 14.3 Å². The van der Waals surface area contributed by atoms with E-state index in [9.17, 15) is 9.59 Å². The lowest BCUT2D eigenvalue weighted by Gasteiger charge is -2.24. The van der Waals surface area contributed by atoms with Gasteiger partial charge in [0, 0.05) is 12.7 Å². The van der Waals surface area contributed by atoms with Gasteiger partial charge in [-0.3, -0.25) is 9.59 Å². The van der Waals surface area contributed by atoms with Gasteiger partial charge in [0.05, 0.1) is 17.5 Å². The maximum atomic E-state index is 10.5. The minimum absolute atomic E-state index is 0.216. The Morgan fingerprint density at radius 3 is 1.56 bits per heavy atom. The van der Waals surface area contributed by atoms with Crippen molar-refractivity contribution >= 4 is 24.1 Å². The molecule has 0 aliphatic heterocycles. The van der Waals surface area contributed by atoms with Crippen molar-refractivity contribution in [3.05, 3.63) is 59.7 Å². The van der Waals surface area contributed by atoms with Crippen molar-refractivity contribution in [2.75, 3.05) is 7.11 Å². The molecule has 0 atom stereocenters. The van der Waals surface area contributed by atoms with Crippen LogP contribution in [0.15, 0.2) is 58.8 Å². The van der Waals surface area contributed by atoms with E-state index in [1.165, 1.54) is 44.1 Å². The van der Waals surface area contributed by atoms with Crippen LogP contribution in [0.3, 0.4) is 0 Å². The molecule has 2 aliphatic carbocycles. The van der Waals surface area contributed by atoms with Crippen LogP contribution in [0.25, 0.3) is 0 Å². The Morgan fingerprint density at radius 2 is 1.14 bits per heavy atom. The van der Waals surface area contributed by atoms with E-state index in [1.807, 2.05) is 38.3 Å². The molecule has 2 aromatic rings. The van der Waals surface area contributed by atoms with Crippen LogP contribution in [0.1, 0.15) is 81.1 Å². The Balaban J connectivity index is 0.000000205. The molecular formula is C30H42N2O4. The van der Waals surface area contributed by atoms with Crippen molar-refractivity contribution in [2.24, 2.45) is 22.1 Å². The van der Waals surface area contributed by atoms with E-state index in [2.05, 4.69) is 24.1 Å². The minimum atomic E-state index is 0.216. The number of aryl methyl sites for hydroxylation is 1. The lowest BCUT2D eigenvalue weighted by molar-refractivity contribution is -0.135. The van der Waals surface area contributed by atoms with Crippen LogP contribution < -0.4 is 0 Å². The van der Waals surface area contributed by atoms with Crippen molar-refractivity contribution in [3.8, 4) is 0 Å². The molecule has 0 N–H and O–H groups in total. The molecule has 4 rings (SSSR count). The third-order valence-corrected chi connectivity index (χ3v) is 6.85. The molecule has 2 aromatic carbocycles. The molecule has 6 heteroatoms. The fourth-order valence-corrected chi connectivity index (χ4v) is 4.26. The molecule has 0 aromatic heterocycles. The number of carbonyl (C=O) groups excluding carboxylic acids is 2. The Morgan fingerprint density at radius 1 is 0.694 bits per heavy atom. The van der Waals surface area contributed by atoms with Crippen LogP contribution in [0.4, 0.5) is 11.4 Å². The highest BCUT2D eigenvalue weighted by Gasteiger charge is 2.18.